The Balaban J connectivity index is 2.09. The number of pyridine rings is 1. The SMILES string of the molecule is COC(=O)CCCCCCNC(=O)c1ccc(=O)[nH]c1. The van der Waals surface area contributed by atoms with E-state index in [9.17, 15) is 14.4 Å². The lowest BCUT2D eigenvalue weighted by molar-refractivity contribution is -0.140. The molecule has 1 aromatic rings. The van der Waals surface area contributed by atoms with Gasteiger partial charge in [-0.15, -0.1) is 0 Å². The Morgan fingerprint density at radius 1 is 1.20 bits per heavy atom. The molecule has 0 fully saturated rings. The highest BCUT2D eigenvalue weighted by Crippen LogP contribution is 2.03. The fraction of sp³-hybridized carbons (Fsp3) is 0.500. The number of methoxy groups -OCH3 is 1. The molecule has 1 heterocycles. The molecule has 0 aliphatic carbocycles. The molecule has 2 N–H and O–H groups in total. The van der Waals surface area contributed by atoms with Gasteiger partial charge in [0.25, 0.3) is 5.91 Å². The molecule has 0 spiro atoms. The summed E-state index contributed by atoms with van der Waals surface area (Å²) in [6, 6.07) is 2.81. The van der Waals surface area contributed by atoms with Crippen molar-refractivity contribution in [1.82, 2.24) is 10.3 Å². The summed E-state index contributed by atoms with van der Waals surface area (Å²) in [7, 11) is 1.38. The second-order valence-electron chi connectivity index (χ2n) is 4.44. The lowest BCUT2D eigenvalue weighted by atomic mass is 10.1. The molecule has 6 heteroatoms. The third-order valence-electron chi connectivity index (χ3n) is 2.87. The van der Waals surface area contributed by atoms with E-state index in [2.05, 4.69) is 15.0 Å². The number of unbranched alkanes of at least 4 members (excludes halogenated alkanes) is 3. The average Bonchev–Trinajstić information content (AvgIpc) is 2.46. The minimum Gasteiger partial charge on any atom is -0.469 e. The van der Waals surface area contributed by atoms with E-state index in [0.29, 0.717) is 18.5 Å². The van der Waals surface area contributed by atoms with Crippen molar-refractivity contribution < 1.29 is 14.3 Å². The minimum atomic E-state index is -0.229. The van der Waals surface area contributed by atoms with E-state index < -0.39 is 0 Å². The number of carbonyl (C=O) groups excluding carboxylic acids is 2. The molecule has 0 saturated heterocycles. The normalized spacial score (nSPS) is 10.1. The summed E-state index contributed by atoms with van der Waals surface area (Å²) < 4.78 is 4.55. The van der Waals surface area contributed by atoms with Crippen molar-refractivity contribution in [3.8, 4) is 0 Å². The van der Waals surface area contributed by atoms with Crippen molar-refractivity contribution in [2.45, 2.75) is 32.1 Å². The van der Waals surface area contributed by atoms with Gasteiger partial charge in [0.05, 0.1) is 12.7 Å². The molecule has 0 bridgehead atoms. The van der Waals surface area contributed by atoms with Crippen LogP contribution in [0.1, 0.15) is 42.5 Å². The van der Waals surface area contributed by atoms with Crippen LogP contribution in [-0.2, 0) is 9.53 Å². The molecular weight excluding hydrogens is 260 g/mol. The number of ether oxygens (including phenoxy) is 1. The fourth-order valence-corrected chi connectivity index (χ4v) is 1.71. The van der Waals surface area contributed by atoms with Gasteiger partial charge < -0.3 is 15.0 Å². The lowest BCUT2D eigenvalue weighted by Gasteiger charge is -2.05. The van der Waals surface area contributed by atoms with E-state index in [-0.39, 0.29) is 17.4 Å². The van der Waals surface area contributed by atoms with Gasteiger partial charge >= 0.3 is 5.97 Å². The van der Waals surface area contributed by atoms with Crippen molar-refractivity contribution in [2.24, 2.45) is 0 Å². The number of rotatable bonds is 8. The van der Waals surface area contributed by atoms with Gasteiger partial charge in [0, 0.05) is 25.2 Å². The van der Waals surface area contributed by atoms with Gasteiger partial charge in [0.15, 0.2) is 0 Å². The predicted molar refractivity (Wildman–Crippen MR) is 74.5 cm³/mol. The molecule has 0 atom stereocenters. The molecule has 0 saturated carbocycles. The van der Waals surface area contributed by atoms with Crippen LogP contribution < -0.4 is 10.9 Å². The van der Waals surface area contributed by atoms with Gasteiger partial charge in [-0.2, -0.15) is 0 Å². The molecule has 1 aromatic heterocycles. The van der Waals surface area contributed by atoms with E-state index in [1.54, 1.807) is 0 Å². The third-order valence-corrected chi connectivity index (χ3v) is 2.87. The average molecular weight is 280 g/mol. The summed E-state index contributed by atoms with van der Waals surface area (Å²) in [6.07, 6.45) is 5.39. The summed E-state index contributed by atoms with van der Waals surface area (Å²) in [5, 5.41) is 2.78. The van der Waals surface area contributed by atoms with Gasteiger partial charge in [-0.05, 0) is 18.9 Å². The molecule has 0 unspecified atom stereocenters. The van der Waals surface area contributed by atoms with E-state index >= 15 is 0 Å². The van der Waals surface area contributed by atoms with Gasteiger partial charge in [0.1, 0.15) is 0 Å². The predicted octanol–water partition coefficient (Wildman–Crippen LogP) is 1.23. The maximum atomic E-state index is 11.7. The van der Waals surface area contributed by atoms with Gasteiger partial charge in [-0.25, -0.2) is 0 Å². The molecule has 0 aliphatic heterocycles. The summed E-state index contributed by atoms with van der Waals surface area (Å²) in [5.74, 6) is -0.382. The van der Waals surface area contributed by atoms with Gasteiger partial charge in [0.2, 0.25) is 5.56 Å². The molecule has 20 heavy (non-hydrogen) atoms. The van der Waals surface area contributed by atoms with Crippen molar-refractivity contribution in [3.05, 3.63) is 34.2 Å². The highest BCUT2D eigenvalue weighted by Gasteiger charge is 2.04. The Hall–Kier alpha value is -2.11. The van der Waals surface area contributed by atoms with E-state index in [1.807, 2.05) is 0 Å². The quantitative estimate of drug-likeness (QED) is 0.553. The summed E-state index contributed by atoms with van der Waals surface area (Å²) in [5.41, 5.74) is 0.211. The van der Waals surface area contributed by atoms with Crippen LogP contribution in [0.4, 0.5) is 0 Å². The van der Waals surface area contributed by atoms with Gasteiger partial charge in [-0.3, -0.25) is 14.4 Å². The first-order valence-electron chi connectivity index (χ1n) is 6.67. The lowest BCUT2D eigenvalue weighted by Crippen LogP contribution is -2.25. The molecule has 6 nitrogen and oxygen atoms in total. The monoisotopic (exact) mass is 280 g/mol. The number of esters is 1. The first kappa shape index (κ1) is 15.9. The van der Waals surface area contributed by atoms with Crippen molar-refractivity contribution in [2.75, 3.05) is 13.7 Å². The molecule has 0 aromatic carbocycles. The summed E-state index contributed by atoms with van der Waals surface area (Å²) in [6.45, 7) is 0.580. The van der Waals surface area contributed by atoms with Crippen LogP contribution in [0.15, 0.2) is 23.1 Å². The topological polar surface area (TPSA) is 88.3 Å². The van der Waals surface area contributed by atoms with Crippen LogP contribution in [0.2, 0.25) is 0 Å². The van der Waals surface area contributed by atoms with Crippen LogP contribution >= 0.6 is 0 Å². The van der Waals surface area contributed by atoms with E-state index in [4.69, 9.17) is 0 Å². The number of carbonyl (C=O) groups is 2. The maximum absolute atomic E-state index is 11.7. The summed E-state index contributed by atoms with van der Waals surface area (Å²) in [4.78, 5) is 35.9. The Bertz CT molecular complexity index is 476. The number of hydrogen-bond donors (Lipinski definition) is 2. The fourth-order valence-electron chi connectivity index (χ4n) is 1.71. The van der Waals surface area contributed by atoms with E-state index in [1.165, 1.54) is 25.4 Å². The smallest absolute Gasteiger partial charge is 0.305 e. The Kier molecular flexibility index (Phi) is 7.10. The minimum absolute atomic E-state index is 0.184. The first-order valence-corrected chi connectivity index (χ1v) is 6.67. The number of aromatic nitrogens is 1. The van der Waals surface area contributed by atoms with Crippen molar-refractivity contribution in [3.63, 3.8) is 0 Å². The van der Waals surface area contributed by atoms with E-state index in [0.717, 1.165) is 25.7 Å². The standard InChI is InChI=1S/C14H20N2O4/c1-20-13(18)6-4-2-3-5-9-15-14(19)11-7-8-12(17)16-10-11/h7-8,10H,2-6,9H2,1H3,(H,15,19)(H,16,17). The number of hydrogen-bond acceptors (Lipinski definition) is 4. The zero-order valence-electron chi connectivity index (χ0n) is 11.6. The van der Waals surface area contributed by atoms with Crippen LogP contribution in [0.25, 0.3) is 0 Å². The second-order valence-corrected chi connectivity index (χ2v) is 4.44. The zero-order chi connectivity index (χ0) is 14.8. The Labute approximate surface area is 117 Å². The number of nitrogens with one attached hydrogen (secondary N) is 2. The highest BCUT2D eigenvalue weighted by molar-refractivity contribution is 5.93. The highest BCUT2D eigenvalue weighted by atomic mass is 16.5. The molecule has 0 radical (unpaired) electrons. The number of aromatic amines is 1. The van der Waals surface area contributed by atoms with Crippen LogP contribution in [0, 0.1) is 0 Å². The zero-order valence-corrected chi connectivity index (χ0v) is 11.6. The largest absolute Gasteiger partial charge is 0.469 e. The molecule has 1 amide bonds. The van der Waals surface area contributed by atoms with Crippen LogP contribution in [-0.4, -0.2) is 30.5 Å². The number of H-pyrrole nitrogens is 1. The van der Waals surface area contributed by atoms with Crippen molar-refractivity contribution in [1.29, 1.82) is 0 Å². The Morgan fingerprint density at radius 3 is 2.60 bits per heavy atom. The maximum Gasteiger partial charge on any atom is 0.305 e. The summed E-state index contributed by atoms with van der Waals surface area (Å²) >= 11 is 0. The van der Waals surface area contributed by atoms with Crippen molar-refractivity contribution >= 4 is 11.9 Å². The first-order chi connectivity index (χ1) is 9.63. The number of amides is 1. The third kappa shape index (κ3) is 6.17. The Morgan fingerprint density at radius 2 is 1.95 bits per heavy atom. The molecule has 1 rings (SSSR count). The molecular formula is C14H20N2O4. The second kappa shape index (κ2) is 8.90. The van der Waals surface area contributed by atoms with Crippen LogP contribution in [0.3, 0.4) is 0 Å². The van der Waals surface area contributed by atoms with Gasteiger partial charge in [-0.1, -0.05) is 12.8 Å². The molecule has 110 valence electrons. The molecule has 0 aliphatic rings. The van der Waals surface area contributed by atoms with Crippen LogP contribution in [0.5, 0.6) is 0 Å².